The summed E-state index contributed by atoms with van der Waals surface area (Å²) < 4.78 is 2.40. The van der Waals surface area contributed by atoms with E-state index in [9.17, 15) is 5.11 Å². The van der Waals surface area contributed by atoms with Gasteiger partial charge in [0.1, 0.15) is 18.4 Å². The number of aromatic hydroxyl groups is 1. The Hall–Kier alpha value is -2.85. The van der Waals surface area contributed by atoms with Crippen molar-refractivity contribution in [1.29, 1.82) is 5.26 Å². The summed E-state index contributed by atoms with van der Waals surface area (Å²) in [7, 11) is 0. The van der Waals surface area contributed by atoms with E-state index in [1.165, 1.54) is 0 Å². The Balaban J connectivity index is 1.95. The van der Waals surface area contributed by atoms with Crippen molar-refractivity contribution in [3.8, 4) is 11.8 Å². The van der Waals surface area contributed by atoms with Crippen LogP contribution in [0.1, 0.15) is 11.1 Å². The zero-order valence-corrected chi connectivity index (χ0v) is 13.6. The van der Waals surface area contributed by atoms with Crippen molar-refractivity contribution < 1.29 is 5.11 Å². The fourth-order valence-corrected chi connectivity index (χ4v) is 2.58. The molecule has 6 nitrogen and oxygen atoms in total. The molecule has 0 atom stereocenters. The molecule has 0 amide bonds. The van der Waals surface area contributed by atoms with Crippen molar-refractivity contribution >= 4 is 21.6 Å². The first-order valence-corrected chi connectivity index (χ1v) is 7.56. The summed E-state index contributed by atoms with van der Waals surface area (Å²) in [5.41, 5.74) is 2.49. The van der Waals surface area contributed by atoms with Crippen LogP contribution in [0.4, 0.5) is 5.69 Å². The third kappa shape index (κ3) is 3.33. The summed E-state index contributed by atoms with van der Waals surface area (Å²) in [6.07, 6.45) is 3.21. The van der Waals surface area contributed by atoms with Gasteiger partial charge >= 0.3 is 0 Å². The zero-order chi connectivity index (χ0) is 16.2. The molecule has 0 unspecified atom stereocenters. The van der Waals surface area contributed by atoms with E-state index in [0.717, 1.165) is 11.3 Å². The van der Waals surface area contributed by atoms with Crippen LogP contribution in [-0.4, -0.2) is 20.0 Å². The molecule has 0 aliphatic heterocycles. The van der Waals surface area contributed by atoms with Crippen LogP contribution in [0.25, 0.3) is 0 Å². The molecule has 0 saturated heterocycles. The summed E-state index contributed by atoms with van der Waals surface area (Å²) in [6, 6.07) is 14.7. The normalized spacial score (nSPS) is 10.3. The first-order valence-electron chi connectivity index (χ1n) is 6.77. The van der Waals surface area contributed by atoms with Crippen LogP contribution in [0.3, 0.4) is 0 Å². The first kappa shape index (κ1) is 15.1. The van der Waals surface area contributed by atoms with Gasteiger partial charge < -0.3 is 5.11 Å². The van der Waals surface area contributed by atoms with E-state index < -0.39 is 0 Å². The van der Waals surface area contributed by atoms with Crippen LogP contribution in [-0.2, 0) is 6.54 Å². The summed E-state index contributed by atoms with van der Waals surface area (Å²) in [6.45, 7) is 0.544. The van der Waals surface area contributed by atoms with E-state index in [4.69, 9.17) is 5.26 Å². The Morgan fingerprint density at radius 3 is 2.43 bits per heavy atom. The quantitative estimate of drug-likeness (QED) is 0.764. The average Bonchev–Trinajstić information content (AvgIpc) is 3.10. The fourth-order valence-electron chi connectivity index (χ4n) is 2.16. The number of hydrogen-bond donors (Lipinski definition) is 1. The van der Waals surface area contributed by atoms with Gasteiger partial charge in [0.15, 0.2) is 0 Å². The Labute approximate surface area is 141 Å². The summed E-state index contributed by atoms with van der Waals surface area (Å²) >= 11 is 3.32. The van der Waals surface area contributed by atoms with E-state index in [1.54, 1.807) is 35.5 Å². The van der Waals surface area contributed by atoms with E-state index >= 15 is 0 Å². The van der Waals surface area contributed by atoms with Crippen LogP contribution in [0, 0.1) is 11.3 Å². The maximum absolute atomic E-state index is 9.62. The lowest BCUT2D eigenvalue weighted by atomic mass is 10.2. The lowest BCUT2D eigenvalue weighted by molar-refractivity contribution is 0.471. The van der Waals surface area contributed by atoms with Crippen molar-refractivity contribution in [2.75, 3.05) is 5.01 Å². The number of halogens is 1. The topological polar surface area (TPSA) is 78.0 Å². The van der Waals surface area contributed by atoms with E-state index in [0.29, 0.717) is 16.6 Å². The van der Waals surface area contributed by atoms with Gasteiger partial charge in [0.25, 0.3) is 0 Å². The summed E-state index contributed by atoms with van der Waals surface area (Å²) in [5.74, 6) is 0.197. The first-order chi connectivity index (χ1) is 11.2. The standard InChI is InChI=1S/C16H12BrN5O/c17-15-7-13(3-6-16(15)23)9-22(21-10-19-20-11-21)14-4-1-12(8-18)2-5-14/h1-7,10-11,23H,9H2. The van der Waals surface area contributed by atoms with Crippen molar-refractivity contribution in [1.82, 2.24) is 14.9 Å². The van der Waals surface area contributed by atoms with Gasteiger partial charge in [-0.1, -0.05) is 6.07 Å². The second kappa shape index (κ2) is 6.50. The highest BCUT2D eigenvalue weighted by Crippen LogP contribution is 2.26. The summed E-state index contributed by atoms with van der Waals surface area (Å²) in [5, 5.41) is 28.2. The lowest BCUT2D eigenvalue weighted by Gasteiger charge is -2.25. The van der Waals surface area contributed by atoms with Crippen molar-refractivity contribution in [3.05, 3.63) is 70.7 Å². The number of phenols is 1. The van der Waals surface area contributed by atoms with E-state index in [-0.39, 0.29) is 5.75 Å². The smallest absolute Gasteiger partial charge is 0.139 e. The molecule has 0 aliphatic carbocycles. The number of aromatic nitrogens is 3. The molecule has 0 radical (unpaired) electrons. The van der Waals surface area contributed by atoms with Gasteiger partial charge in [-0.2, -0.15) is 5.26 Å². The SMILES string of the molecule is N#Cc1ccc(N(Cc2ccc(O)c(Br)c2)n2cnnc2)cc1. The number of phenolic OH excluding ortho intramolecular Hbond substituents is 1. The van der Waals surface area contributed by atoms with Crippen LogP contribution in [0.5, 0.6) is 5.75 Å². The molecule has 23 heavy (non-hydrogen) atoms. The largest absolute Gasteiger partial charge is 0.507 e. The lowest BCUT2D eigenvalue weighted by Crippen LogP contribution is -2.27. The highest BCUT2D eigenvalue weighted by Gasteiger charge is 2.11. The molecule has 3 aromatic rings. The zero-order valence-electron chi connectivity index (χ0n) is 12.0. The minimum Gasteiger partial charge on any atom is -0.507 e. The molecule has 0 bridgehead atoms. The number of benzene rings is 2. The Morgan fingerprint density at radius 2 is 1.83 bits per heavy atom. The second-order valence-corrected chi connectivity index (χ2v) is 5.70. The molecule has 1 aromatic heterocycles. The van der Waals surface area contributed by atoms with Crippen molar-refractivity contribution in [3.63, 3.8) is 0 Å². The molecule has 114 valence electrons. The van der Waals surface area contributed by atoms with Gasteiger partial charge in [-0.05, 0) is 57.9 Å². The van der Waals surface area contributed by atoms with Crippen LogP contribution < -0.4 is 5.01 Å². The molecule has 2 aromatic carbocycles. The molecule has 0 fully saturated rings. The molecule has 1 N–H and O–H groups in total. The number of hydrogen-bond acceptors (Lipinski definition) is 5. The van der Waals surface area contributed by atoms with Crippen LogP contribution in [0.2, 0.25) is 0 Å². The molecular weight excluding hydrogens is 358 g/mol. The summed E-state index contributed by atoms with van der Waals surface area (Å²) in [4.78, 5) is 0. The molecule has 0 saturated carbocycles. The molecule has 7 heteroatoms. The maximum Gasteiger partial charge on any atom is 0.139 e. The Kier molecular flexibility index (Phi) is 4.26. The van der Waals surface area contributed by atoms with Crippen LogP contribution >= 0.6 is 15.9 Å². The second-order valence-electron chi connectivity index (χ2n) is 4.84. The minimum atomic E-state index is 0.197. The number of rotatable bonds is 4. The van der Waals surface area contributed by atoms with Crippen molar-refractivity contribution in [2.24, 2.45) is 0 Å². The predicted molar refractivity (Wildman–Crippen MR) is 88.6 cm³/mol. The molecule has 3 rings (SSSR count). The van der Waals surface area contributed by atoms with Gasteiger partial charge in [-0.15, -0.1) is 10.2 Å². The number of nitriles is 1. The van der Waals surface area contributed by atoms with Gasteiger partial charge in [0, 0.05) is 0 Å². The Bertz CT molecular complexity index is 840. The fraction of sp³-hybridized carbons (Fsp3) is 0.0625. The van der Waals surface area contributed by atoms with Gasteiger partial charge in [-0.3, -0.25) is 5.01 Å². The minimum absolute atomic E-state index is 0.197. The van der Waals surface area contributed by atoms with Gasteiger partial charge in [-0.25, -0.2) is 4.68 Å². The molecule has 1 heterocycles. The third-order valence-corrected chi connectivity index (χ3v) is 3.96. The highest BCUT2D eigenvalue weighted by atomic mass is 79.9. The molecule has 0 aliphatic rings. The Morgan fingerprint density at radius 1 is 1.13 bits per heavy atom. The third-order valence-electron chi connectivity index (χ3n) is 3.32. The molecular formula is C16H12BrN5O. The molecule has 0 spiro atoms. The maximum atomic E-state index is 9.62. The average molecular weight is 370 g/mol. The number of anilines is 1. The van der Waals surface area contributed by atoms with Crippen molar-refractivity contribution in [2.45, 2.75) is 6.54 Å². The number of nitrogens with zero attached hydrogens (tertiary/aromatic N) is 5. The van der Waals surface area contributed by atoms with Gasteiger partial charge in [0.2, 0.25) is 0 Å². The van der Waals surface area contributed by atoms with E-state index in [1.807, 2.05) is 29.3 Å². The van der Waals surface area contributed by atoms with E-state index in [2.05, 4.69) is 32.2 Å². The predicted octanol–water partition coefficient (Wildman–Crippen LogP) is 3.09. The van der Waals surface area contributed by atoms with Gasteiger partial charge in [0.05, 0.1) is 28.3 Å². The highest BCUT2D eigenvalue weighted by molar-refractivity contribution is 9.10. The monoisotopic (exact) mass is 369 g/mol. The van der Waals surface area contributed by atoms with Crippen LogP contribution in [0.15, 0.2) is 59.6 Å².